The molecule has 3 unspecified atom stereocenters. The molecule has 2 saturated heterocycles. The van der Waals surface area contributed by atoms with E-state index >= 15 is 0 Å². The van der Waals surface area contributed by atoms with E-state index in [0.29, 0.717) is 0 Å². The molecule has 0 aromatic heterocycles. The van der Waals surface area contributed by atoms with E-state index in [2.05, 4.69) is 16.7 Å². The first-order valence-corrected chi connectivity index (χ1v) is 8.00. The van der Waals surface area contributed by atoms with Crippen molar-refractivity contribution in [2.75, 3.05) is 26.2 Å². The Bertz CT molecular complexity index is 422. The molecule has 3 rings (SSSR count). The van der Waals surface area contributed by atoms with Crippen LogP contribution in [0.4, 0.5) is 0 Å². The summed E-state index contributed by atoms with van der Waals surface area (Å²) in [5.74, 6) is 0. The zero-order valence-corrected chi connectivity index (χ0v) is 12.4. The number of rotatable bonds is 4. The van der Waals surface area contributed by atoms with Crippen LogP contribution in [-0.2, 0) is 0 Å². The van der Waals surface area contributed by atoms with Gasteiger partial charge < -0.3 is 5.11 Å². The van der Waals surface area contributed by atoms with Crippen LogP contribution < -0.4 is 0 Å². The molecule has 2 heterocycles. The van der Waals surface area contributed by atoms with Crippen LogP contribution in [0, 0.1) is 0 Å². The van der Waals surface area contributed by atoms with Gasteiger partial charge in [0.05, 0.1) is 6.10 Å². The minimum Gasteiger partial charge on any atom is -0.387 e. The maximum absolute atomic E-state index is 10.7. The van der Waals surface area contributed by atoms with E-state index < -0.39 is 0 Å². The van der Waals surface area contributed by atoms with Crippen LogP contribution >= 0.6 is 0 Å². The van der Waals surface area contributed by atoms with Crippen molar-refractivity contribution in [2.45, 2.75) is 44.4 Å². The summed E-state index contributed by atoms with van der Waals surface area (Å²) in [6.45, 7) is 6.86. The van der Waals surface area contributed by atoms with Gasteiger partial charge in [-0.25, -0.2) is 0 Å². The molecule has 2 fully saturated rings. The van der Waals surface area contributed by atoms with Gasteiger partial charge in [0.15, 0.2) is 0 Å². The van der Waals surface area contributed by atoms with E-state index in [9.17, 15) is 5.11 Å². The topological polar surface area (TPSA) is 26.7 Å². The number of aliphatic hydroxyl groups excluding tert-OH is 1. The minimum atomic E-state index is -0.367. The summed E-state index contributed by atoms with van der Waals surface area (Å²) in [6.07, 6.45) is 3.31. The maximum Gasteiger partial charge on any atom is 0.0945 e. The predicted molar refractivity (Wildman–Crippen MR) is 81.6 cm³/mol. The molecule has 3 heteroatoms. The van der Waals surface area contributed by atoms with Crippen molar-refractivity contribution in [1.29, 1.82) is 0 Å². The SMILES string of the molecule is CCC(C(O)c1ccccc1)N1CCN2CCCC2C1. The van der Waals surface area contributed by atoms with Gasteiger partial charge in [0.25, 0.3) is 0 Å². The smallest absolute Gasteiger partial charge is 0.0945 e. The zero-order valence-electron chi connectivity index (χ0n) is 12.4. The van der Waals surface area contributed by atoms with Gasteiger partial charge in [-0.2, -0.15) is 0 Å². The van der Waals surface area contributed by atoms with Crippen molar-refractivity contribution in [1.82, 2.24) is 9.80 Å². The Morgan fingerprint density at radius 3 is 2.75 bits per heavy atom. The molecule has 3 atom stereocenters. The van der Waals surface area contributed by atoms with Crippen LogP contribution in [0.5, 0.6) is 0 Å². The fourth-order valence-corrected chi connectivity index (χ4v) is 3.87. The Balaban J connectivity index is 1.70. The fraction of sp³-hybridized carbons (Fsp3) is 0.647. The highest BCUT2D eigenvalue weighted by atomic mass is 16.3. The number of hydrogen-bond acceptors (Lipinski definition) is 3. The Morgan fingerprint density at radius 1 is 1.20 bits per heavy atom. The monoisotopic (exact) mass is 274 g/mol. The Kier molecular flexibility index (Phi) is 4.39. The van der Waals surface area contributed by atoms with Gasteiger partial charge in [-0.05, 0) is 31.4 Å². The van der Waals surface area contributed by atoms with E-state index in [0.717, 1.165) is 31.1 Å². The molecular formula is C17H26N2O. The second-order valence-electron chi connectivity index (χ2n) is 6.16. The van der Waals surface area contributed by atoms with Gasteiger partial charge in [-0.3, -0.25) is 9.80 Å². The number of piperazine rings is 1. The number of aliphatic hydroxyl groups is 1. The molecule has 0 aliphatic carbocycles. The molecule has 0 spiro atoms. The van der Waals surface area contributed by atoms with Gasteiger partial charge in [0.2, 0.25) is 0 Å². The molecule has 0 saturated carbocycles. The number of fused-ring (bicyclic) bond motifs is 1. The average Bonchev–Trinajstić information content (AvgIpc) is 2.96. The summed E-state index contributed by atoms with van der Waals surface area (Å²) in [6, 6.07) is 11.1. The van der Waals surface area contributed by atoms with Crippen LogP contribution in [0.25, 0.3) is 0 Å². The highest BCUT2D eigenvalue weighted by Gasteiger charge is 2.35. The predicted octanol–water partition coefficient (Wildman–Crippen LogP) is 2.28. The Morgan fingerprint density at radius 2 is 2.00 bits per heavy atom. The summed E-state index contributed by atoms with van der Waals surface area (Å²) < 4.78 is 0. The quantitative estimate of drug-likeness (QED) is 0.912. The van der Waals surface area contributed by atoms with E-state index in [1.165, 1.54) is 25.9 Å². The molecule has 1 aromatic rings. The average molecular weight is 274 g/mol. The first kappa shape index (κ1) is 14.1. The van der Waals surface area contributed by atoms with Gasteiger partial charge in [0, 0.05) is 31.7 Å². The lowest BCUT2D eigenvalue weighted by molar-refractivity contribution is 0.00398. The van der Waals surface area contributed by atoms with Crippen molar-refractivity contribution in [3.63, 3.8) is 0 Å². The van der Waals surface area contributed by atoms with Gasteiger partial charge in [0.1, 0.15) is 0 Å². The number of hydrogen-bond donors (Lipinski definition) is 1. The van der Waals surface area contributed by atoms with Crippen molar-refractivity contribution in [3.05, 3.63) is 35.9 Å². The van der Waals surface area contributed by atoms with E-state index in [4.69, 9.17) is 0 Å². The minimum absolute atomic E-state index is 0.250. The lowest BCUT2D eigenvalue weighted by Crippen LogP contribution is -2.54. The highest BCUT2D eigenvalue weighted by molar-refractivity contribution is 5.19. The lowest BCUT2D eigenvalue weighted by atomic mass is 9.97. The molecule has 1 N–H and O–H groups in total. The molecule has 110 valence electrons. The molecule has 0 bridgehead atoms. The molecule has 2 aliphatic rings. The van der Waals surface area contributed by atoms with E-state index in [1.807, 2.05) is 30.3 Å². The van der Waals surface area contributed by atoms with Crippen molar-refractivity contribution >= 4 is 0 Å². The molecule has 0 radical (unpaired) electrons. The standard InChI is InChI=1S/C17H26N2O/c1-2-16(17(20)14-7-4-3-5-8-14)19-12-11-18-10-6-9-15(18)13-19/h3-5,7-8,15-17,20H,2,6,9-13H2,1H3. The number of benzene rings is 1. The molecule has 20 heavy (non-hydrogen) atoms. The van der Waals surface area contributed by atoms with Crippen LogP contribution in [-0.4, -0.2) is 53.2 Å². The van der Waals surface area contributed by atoms with Gasteiger partial charge in [-0.15, -0.1) is 0 Å². The Hall–Kier alpha value is -0.900. The Labute approximate surface area is 122 Å². The summed E-state index contributed by atoms with van der Waals surface area (Å²) in [4.78, 5) is 5.14. The zero-order chi connectivity index (χ0) is 13.9. The van der Waals surface area contributed by atoms with Gasteiger partial charge >= 0.3 is 0 Å². The summed E-state index contributed by atoms with van der Waals surface area (Å²) in [7, 11) is 0. The third kappa shape index (κ3) is 2.76. The van der Waals surface area contributed by atoms with Crippen LogP contribution in [0.2, 0.25) is 0 Å². The third-order valence-electron chi connectivity index (χ3n) is 5.01. The van der Waals surface area contributed by atoms with Crippen LogP contribution in [0.15, 0.2) is 30.3 Å². The highest BCUT2D eigenvalue weighted by Crippen LogP contribution is 2.28. The second kappa shape index (κ2) is 6.25. The maximum atomic E-state index is 10.7. The molecule has 2 aliphatic heterocycles. The molecular weight excluding hydrogens is 248 g/mol. The van der Waals surface area contributed by atoms with E-state index in [1.54, 1.807) is 0 Å². The lowest BCUT2D eigenvalue weighted by Gasteiger charge is -2.43. The fourth-order valence-electron chi connectivity index (χ4n) is 3.87. The second-order valence-corrected chi connectivity index (χ2v) is 6.16. The number of nitrogens with zero attached hydrogens (tertiary/aromatic N) is 2. The van der Waals surface area contributed by atoms with Crippen molar-refractivity contribution in [2.24, 2.45) is 0 Å². The van der Waals surface area contributed by atoms with Crippen molar-refractivity contribution in [3.8, 4) is 0 Å². The summed E-state index contributed by atoms with van der Waals surface area (Å²) >= 11 is 0. The molecule has 1 aromatic carbocycles. The van der Waals surface area contributed by atoms with E-state index in [-0.39, 0.29) is 12.1 Å². The third-order valence-corrected chi connectivity index (χ3v) is 5.01. The normalized spacial score (nSPS) is 27.2. The molecule has 3 nitrogen and oxygen atoms in total. The largest absolute Gasteiger partial charge is 0.387 e. The van der Waals surface area contributed by atoms with Crippen molar-refractivity contribution < 1.29 is 5.11 Å². The summed E-state index contributed by atoms with van der Waals surface area (Å²) in [5.41, 5.74) is 1.05. The van der Waals surface area contributed by atoms with Crippen LogP contribution in [0.1, 0.15) is 37.9 Å². The first-order chi connectivity index (χ1) is 9.79. The van der Waals surface area contributed by atoms with Gasteiger partial charge in [-0.1, -0.05) is 37.3 Å². The molecule has 0 amide bonds. The van der Waals surface area contributed by atoms with Crippen LogP contribution in [0.3, 0.4) is 0 Å². The summed E-state index contributed by atoms with van der Waals surface area (Å²) in [5, 5.41) is 10.7. The first-order valence-electron chi connectivity index (χ1n) is 8.00.